The Morgan fingerprint density at radius 2 is 2.05 bits per heavy atom. The standard InChI is InChI=1S/C14H23N3OS/c1-14(2,3)11-10-19-13(15-11)16-12(18)9-17-7-5-4-6-8-17/h10H,4-9H2,1-3H3,(H,15,16,18). The highest BCUT2D eigenvalue weighted by atomic mass is 32.1. The van der Waals surface area contributed by atoms with Crippen molar-refractivity contribution in [2.75, 3.05) is 25.0 Å². The third-order valence-electron chi connectivity index (χ3n) is 3.33. The lowest BCUT2D eigenvalue weighted by Gasteiger charge is -2.25. The van der Waals surface area contributed by atoms with Gasteiger partial charge in [0, 0.05) is 10.8 Å². The normalized spacial score (nSPS) is 17.4. The quantitative estimate of drug-likeness (QED) is 0.926. The number of nitrogens with one attached hydrogen (secondary N) is 1. The van der Waals surface area contributed by atoms with Gasteiger partial charge in [-0.05, 0) is 25.9 Å². The van der Waals surface area contributed by atoms with Gasteiger partial charge in [0.25, 0.3) is 0 Å². The van der Waals surface area contributed by atoms with E-state index >= 15 is 0 Å². The van der Waals surface area contributed by atoms with Crippen molar-refractivity contribution in [2.24, 2.45) is 0 Å². The number of aromatic nitrogens is 1. The minimum Gasteiger partial charge on any atom is -0.301 e. The number of amides is 1. The predicted molar refractivity (Wildman–Crippen MR) is 79.7 cm³/mol. The van der Waals surface area contributed by atoms with E-state index in [-0.39, 0.29) is 11.3 Å². The average Bonchev–Trinajstić information content (AvgIpc) is 2.78. The summed E-state index contributed by atoms with van der Waals surface area (Å²) < 4.78 is 0. The van der Waals surface area contributed by atoms with E-state index in [0.29, 0.717) is 11.7 Å². The average molecular weight is 281 g/mol. The van der Waals surface area contributed by atoms with Crippen LogP contribution in [-0.2, 0) is 10.2 Å². The molecule has 106 valence electrons. The summed E-state index contributed by atoms with van der Waals surface area (Å²) in [6.45, 7) is 8.95. The first-order chi connectivity index (χ1) is 8.95. The van der Waals surface area contributed by atoms with Crippen molar-refractivity contribution in [2.45, 2.75) is 45.4 Å². The van der Waals surface area contributed by atoms with Gasteiger partial charge >= 0.3 is 0 Å². The number of carbonyl (C=O) groups excluding carboxylic acids is 1. The van der Waals surface area contributed by atoms with Gasteiger partial charge in [-0.2, -0.15) is 0 Å². The molecule has 0 radical (unpaired) electrons. The molecule has 19 heavy (non-hydrogen) atoms. The number of hydrogen-bond acceptors (Lipinski definition) is 4. The largest absolute Gasteiger partial charge is 0.301 e. The van der Waals surface area contributed by atoms with Gasteiger partial charge in [0.1, 0.15) is 0 Å². The van der Waals surface area contributed by atoms with Gasteiger partial charge < -0.3 is 5.32 Å². The monoisotopic (exact) mass is 281 g/mol. The molecule has 4 nitrogen and oxygen atoms in total. The molecule has 1 aliphatic rings. The Labute approximate surface area is 119 Å². The molecule has 0 aromatic carbocycles. The van der Waals surface area contributed by atoms with E-state index in [4.69, 9.17) is 0 Å². The van der Waals surface area contributed by atoms with E-state index in [1.165, 1.54) is 30.6 Å². The number of hydrogen-bond donors (Lipinski definition) is 1. The minimum atomic E-state index is 0.0341. The zero-order chi connectivity index (χ0) is 13.9. The first kappa shape index (κ1) is 14.5. The maximum absolute atomic E-state index is 12.0. The van der Waals surface area contributed by atoms with E-state index in [9.17, 15) is 4.79 Å². The lowest BCUT2D eigenvalue weighted by molar-refractivity contribution is -0.117. The maximum atomic E-state index is 12.0. The number of thiazole rings is 1. The molecule has 1 aliphatic heterocycles. The third-order valence-corrected chi connectivity index (χ3v) is 4.09. The highest BCUT2D eigenvalue weighted by Gasteiger charge is 2.19. The molecule has 0 spiro atoms. The van der Waals surface area contributed by atoms with Gasteiger partial charge in [-0.15, -0.1) is 11.3 Å². The topological polar surface area (TPSA) is 45.2 Å². The van der Waals surface area contributed by atoms with Gasteiger partial charge in [0.05, 0.1) is 12.2 Å². The Morgan fingerprint density at radius 3 is 2.63 bits per heavy atom. The van der Waals surface area contributed by atoms with Crippen LogP contribution < -0.4 is 5.32 Å². The molecule has 0 aliphatic carbocycles. The predicted octanol–water partition coefficient (Wildman–Crippen LogP) is 2.87. The van der Waals surface area contributed by atoms with Crippen molar-refractivity contribution in [3.8, 4) is 0 Å². The van der Waals surface area contributed by atoms with Crippen LogP contribution in [0.4, 0.5) is 5.13 Å². The van der Waals surface area contributed by atoms with Crippen LogP contribution in [0.15, 0.2) is 5.38 Å². The summed E-state index contributed by atoms with van der Waals surface area (Å²) in [5, 5.41) is 5.65. The van der Waals surface area contributed by atoms with Gasteiger partial charge in [-0.3, -0.25) is 9.69 Å². The van der Waals surface area contributed by atoms with Crippen LogP contribution in [0, 0.1) is 0 Å². The summed E-state index contributed by atoms with van der Waals surface area (Å²) in [6.07, 6.45) is 3.71. The van der Waals surface area contributed by atoms with E-state index in [2.05, 4.69) is 36.0 Å². The fourth-order valence-electron chi connectivity index (χ4n) is 2.16. The van der Waals surface area contributed by atoms with Crippen molar-refractivity contribution < 1.29 is 4.79 Å². The number of carbonyl (C=O) groups is 1. The highest BCUT2D eigenvalue weighted by molar-refractivity contribution is 7.13. The Morgan fingerprint density at radius 1 is 1.37 bits per heavy atom. The van der Waals surface area contributed by atoms with Crippen LogP contribution in [0.2, 0.25) is 0 Å². The van der Waals surface area contributed by atoms with Crippen LogP contribution in [0.25, 0.3) is 0 Å². The van der Waals surface area contributed by atoms with Gasteiger partial charge in [-0.1, -0.05) is 27.2 Å². The summed E-state index contributed by atoms with van der Waals surface area (Å²) in [6, 6.07) is 0. The summed E-state index contributed by atoms with van der Waals surface area (Å²) >= 11 is 1.51. The third kappa shape index (κ3) is 4.28. The van der Waals surface area contributed by atoms with Crippen LogP contribution in [-0.4, -0.2) is 35.4 Å². The Hall–Kier alpha value is -0.940. The second-order valence-corrected chi connectivity index (χ2v) is 7.03. The molecule has 0 atom stereocenters. The smallest absolute Gasteiger partial charge is 0.240 e. The van der Waals surface area contributed by atoms with E-state index in [1.54, 1.807) is 0 Å². The second-order valence-electron chi connectivity index (χ2n) is 6.17. The SMILES string of the molecule is CC(C)(C)c1csc(NC(=O)CN2CCCCC2)n1. The van der Waals surface area contributed by atoms with Gasteiger partial charge in [0.15, 0.2) is 5.13 Å². The molecule has 1 N–H and O–H groups in total. The molecule has 0 unspecified atom stereocenters. The summed E-state index contributed by atoms with van der Waals surface area (Å²) in [7, 11) is 0. The van der Waals surface area contributed by atoms with Crippen molar-refractivity contribution in [3.05, 3.63) is 11.1 Å². The Bertz CT molecular complexity index is 430. The van der Waals surface area contributed by atoms with Crippen LogP contribution in [0.3, 0.4) is 0 Å². The van der Waals surface area contributed by atoms with Gasteiger partial charge in [-0.25, -0.2) is 4.98 Å². The summed E-state index contributed by atoms with van der Waals surface area (Å²) in [4.78, 5) is 18.7. The number of rotatable bonds is 3. The first-order valence-electron chi connectivity index (χ1n) is 6.93. The van der Waals surface area contributed by atoms with Crippen molar-refractivity contribution in [1.82, 2.24) is 9.88 Å². The summed E-state index contributed by atoms with van der Waals surface area (Å²) in [5.41, 5.74) is 1.07. The molecule has 1 saturated heterocycles. The highest BCUT2D eigenvalue weighted by Crippen LogP contribution is 2.26. The molecule has 0 bridgehead atoms. The molecule has 1 fully saturated rings. The molecular weight excluding hydrogens is 258 g/mol. The molecule has 1 aromatic rings. The molecule has 1 aromatic heterocycles. The Kier molecular flexibility index (Phi) is 4.58. The van der Waals surface area contributed by atoms with Crippen molar-refractivity contribution >= 4 is 22.4 Å². The number of anilines is 1. The zero-order valence-corrected chi connectivity index (χ0v) is 12.8. The Balaban J connectivity index is 1.86. The number of piperidine rings is 1. The zero-order valence-electron chi connectivity index (χ0n) is 12.0. The van der Waals surface area contributed by atoms with E-state index in [1.807, 2.05) is 5.38 Å². The molecule has 1 amide bonds. The molecule has 0 saturated carbocycles. The van der Waals surface area contributed by atoms with Crippen LogP contribution in [0.5, 0.6) is 0 Å². The summed E-state index contributed by atoms with van der Waals surface area (Å²) in [5.74, 6) is 0.0525. The van der Waals surface area contributed by atoms with Gasteiger partial charge in [0.2, 0.25) is 5.91 Å². The number of nitrogens with zero attached hydrogens (tertiary/aromatic N) is 2. The van der Waals surface area contributed by atoms with E-state index in [0.717, 1.165) is 18.8 Å². The first-order valence-corrected chi connectivity index (χ1v) is 7.81. The minimum absolute atomic E-state index is 0.0341. The maximum Gasteiger partial charge on any atom is 0.240 e. The van der Waals surface area contributed by atoms with Crippen LogP contribution >= 0.6 is 11.3 Å². The lowest BCUT2D eigenvalue weighted by Crippen LogP contribution is -2.36. The molecule has 2 heterocycles. The molecular formula is C14H23N3OS. The molecule has 2 rings (SSSR count). The second kappa shape index (κ2) is 6.01. The fraction of sp³-hybridized carbons (Fsp3) is 0.714. The number of likely N-dealkylation sites (tertiary alicyclic amines) is 1. The van der Waals surface area contributed by atoms with E-state index < -0.39 is 0 Å². The van der Waals surface area contributed by atoms with Crippen molar-refractivity contribution in [1.29, 1.82) is 0 Å². The lowest BCUT2D eigenvalue weighted by atomic mass is 9.93. The van der Waals surface area contributed by atoms with Crippen molar-refractivity contribution in [3.63, 3.8) is 0 Å². The fourth-order valence-corrected chi connectivity index (χ4v) is 3.11. The molecule has 5 heteroatoms. The van der Waals surface area contributed by atoms with Crippen LogP contribution in [0.1, 0.15) is 45.7 Å².